The smallest absolute Gasteiger partial charge is 0.372 e. The van der Waals surface area contributed by atoms with Gasteiger partial charge in [-0.25, -0.2) is 13.6 Å². The van der Waals surface area contributed by atoms with Gasteiger partial charge in [0, 0.05) is 25.2 Å². The van der Waals surface area contributed by atoms with E-state index in [1.807, 2.05) is 0 Å². The molecule has 0 unspecified atom stereocenters. The molecule has 0 saturated heterocycles. The van der Waals surface area contributed by atoms with E-state index >= 15 is 0 Å². The van der Waals surface area contributed by atoms with Crippen molar-refractivity contribution in [2.45, 2.75) is 12.8 Å². The van der Waals surface area contributed by atoms with Gasteiger partial charge in [-0.05, 0) is 0 Å². The molecule has 0 bridgehead atoms. The maximum atomic E-state index is 12.4. The Hall–Kier alpha value is -1.79. The van der Waals surface area contributed by atoms with Crippen LogP contribution in [-0.2, 0) is 23.1 Å². The molecule has 0 saturated carbocycles. The van der Waals surface area contributed by atoms with Crippen LogP contribution >= 0.6 is 0 Å². The van der Waals surface area contributed by atoms with E-state index < -0.39 is 30.3 Å². The van der Waals surface area contributed by atoms with Crippen LogP contribution < -0.4 is 0 Å². The van der Waals surface area contributed by atoms with E-state index in [2.05, 4.69) is 5.10 Å². The van der Waals surface area contributed by atoms with E-state index in [0.717, 1.165) is 4.68 Å². The molecule has 0 fully saturated rings. The Morgan fingerprint density at radius 1 is 1.60 bits per heavy atom. The van der Waals surface area contributed by atoms with Gasteiger partial charge in [-0.15, -0.1) is 0 Å². The molecule has 0 spiro atoms. The average Bonchev–Trinajstić information content (AvgIpc) is 2.46. The number of rotatable bonds is 4. The molecule has 0 aromatic carbocycles. The summed E-state index contributed by atoms with van der Waals surface area (Å²) in [5, 5.41) is 11.8. The maximum absolute atomic E-state index is 12.4. The van der Waals surface area contributed by atoms with Crippen molar-refractivity contribution in [3.05, 3.63) is 17.5 Å². The molecule has 0 amide bonds. The van der Waals surface area contributed by atoms with Crippen LogP contribution in [0.15, 0.2) is 6.20 Å². The van der Waals surface area contributed by atoms with E-state index in [0.29, 0.717) is 0 Å². The van der Waals surface area contributed by atoms with Crippen molar-refractivity contribution in [3.63, 3.8) is 0 Å². The number of aliphatic carboxylic acids is 1. The lowest BCUT2D eigenvalue weighted by molar-refractivity contribution is -0.148. The number of ketones is 1. The summed E-state index contributed by atoms with van der Waals surface area (Å²) in [5.74, 6) is -2.77. The van der Waals surface area contributed by atoms with Crippen LogP contribution in [0.5, 0.6) is 0 Å². The van der Waals surface area contributed by atoms with Crippen LogP contribution in [0.3, 0.4) is 0 Å². The Morgan fingerprint density at radius 2 is 2.20 bits per heavy atom. The number of carbonyl (C=O) groups is 2. The molecule has 5 nitrogen and oxygen atoms in total. The van der Waals surface area contributed by atoms with E-state index in [1.165, 1.54) is 13.2 Å². The number of Topliss-reactive ketones (excluding diaryl/α,β-unsaturated/α-hetero) is 1. The van der Waals surface area contributed by atoms with E-state index in [-0.39, 0.29) is 5.56 Å². The molecule has 0 atom stereocenters. The van der Waals surface area contributed by atoms with Gasteiger partial charge in [-0.2, -0.15) is 5.10 Å². The van der Waals surface area contributed by atoms with Gasteiger partial charge in [0.1, 0.15) is 5.69 Å². The standard InChI is InChI=1S/C8H8F2N2O3/c1-12-3-4(2-5(13)8(14)15)6(11-12)7(9)10/h3,7H,2H2,1H3,(H,14,15). The highest BCUT2D eigenvalue weighted by molar-refractivity contribution is 6.33. The third-order valence-electron chi connectivity index (χ3n) is 1.73. The van der Waals surface area contributed by atoms with Crippen molar-refractivity contribution in [3.8, 4) is 0 Å². The molecule has 0 aliphatic heterocycles. The Balaban J connectivity index is 2.94. The number of hydrogen-bond donors (Lipinski definition) is 1. The minimum atomic E-state index is -2.82. The summed E-state index contributed by atoms with van der Waals surface area (Å²) in [6.45, 7) is 0. The molecule has 1 heterocycles. The quantitative estimate of drug-likeness (QED) is 0.749. The highest BCUT2D eigenvalue weighted by atomic mass is 19.3. The third kappa shape index (κ3) is 2.58. The first-order valence-electron chi connectivity index (χ1n) is 3.98. The monoisotopic (exact) mass is 218 g/mol. The number of nitrogens with zero attached hydrogens (tertiary/aromatic N) is 2. The molecule has 1 aromatic rings. The van der Waals surface area contributed by atoms with Crippen LogP contribution in [0.4, 0.5) is 8.78 Å². The zero-order chi connectivity index (χ0) is 11.6. The van der Waals surface area contributed by atoms with Crippen molar-refractivity contribution in [2.24, 2.45) is 7.05 Å². The van der Waals surface area contributed by atoms with E-state index in [9.17, 15) is 18.4 Å². The first-order valence-corrected chi connectivity index (χ1v) is 3.98. The molecule has 0 aliphatic carbocycles. The second kappa shape index (κ2) is 4.16. The zero-order valence-electron chi connectivity index (χ0n) is 7.78. The SMILES string of the molecule is Cn1cc(CC(=O)C(=O)O)c(C(F)F)n1. The van der Waals surface area contributed by atoms with Crippen molar-refractivity contribution in [1.29, 1.82) is 0 Å². The van der Waals surface area contributed by atoms with Gasteiger partial charge in [-0.1, -0.05) is 0 Å². The largest absolute Gasteiger partial charge is 0.475 e. The number of carboxylic acids is 1. The molecule has 15 heavy (non-hydrogen) atoms. The molecular weight excluding hydrogens is 210 g/mol. The molecule has 0 aliphatic rings. The number of carbonyl (C=O) groups excluding carboxylic acids is 1. The predicted molar refractivity (Wildman–Crippen MR) is 44.5 cm³/mol. The fourth-order valence-corrected chi connectivity index (χ4v) is 1.12. The highest BCUT2D eigenvalue weighted by Gasteiger charge is 2.21. The fourth-order valence-electron chi connectivity index (χ4n) is 1.12. The molecule has 1 N–H and O–H groups in total. The number of alkyl halides is 2. The second-order valence-corrected chi connectivity index (χ2v) is 2.92. The lowest BCUT2D eigenvalue weighted by atomic mass is 10.1. The molecular formula is C8H8F2N2O3. The molecule has 82 valence electrons. The van der Waals surface area contributed by atoms with Gasteiger partial charge in [-0.3, -0.25) is 9.48 Å². The zero-order valence-corrected chi connectivity index (χ0v) is 7.78. The Labute approximate surface area is 83.3 Å². The lowest BCUT2D eigenvalue weighted by Crippen LogP contribution is -2.15. The number of halogens is 2. The van der Waals surface area contributed by atoms with Crippen molar-refractivity contribution >= 4 is 11.8 Å². The number of hydrogen-bond acceptors (Lipinski definition) is 3. The lowest BCUT2D eigenvalue weighted by Gasteiger charge is -1.97. The van der Waals surface area contributed by atoms with Crippen LogP contribution in [0.25, 0.3) is 0 Å². The first-order chi connectivity index (χ1) is 6.91. The topological polar surface area (TPSA) is 72.2 Å². The van der Waals surface area contributed by atoms with Crippen molar-refractivity contribution in [1.82, 2.24) is 9.78 Å². The predicted octanol–water partition coefficient (Wildman–Crippen LogP) is 0.554. The highest BCUT2D eigenvalue weighted by Crippen LogP contribution is 2.21. The van der Waals surface area contributed by atoms with Gasteiger partial charge in [0.2, 0.25) is 5.78 Å². The van der Waals surface area contributed by atoms with Gasteiger partial charge in [0.25, 0.3) is 6.43 Å². The number of carboxylic acid groups (broad SMARTS) is 1. The summed E-state index contributed by atoms with van der Waals surface area (Å²) in [5.41, 5.74) is -0.605. The summed E-state index contributed by atoms with van der Waals surface area (Å²) in [6, 6.07) is 0. The summed E-state index contributed by atoms with van der Waals surface area (Å²) in [4.78, 5) is 21.0. The summed E-state index contributed by atoms with van der Waals surface area (Å²) < 4.78 is 25.8. The summed E-state index contributed by atoms with van der Waals surface area (Å²) >= 11 is 0. The first kappa shape index (κ1) is 11.3. The van der Waals surface area contributed by atoms with Gasteiger partial charge in [0.05, 0.1) is 0 Å². The summed E-state index contributed by atoms with van der Waals surface area (Å²) in [6.07, 6.45) is -2.17. The Kier molecular flexibility index (Phi) is 3.13. The third-order valence-corrected chi connectivity index (χ3v) is 1.73. The Morgan fingerprint density at radius 3 is 2.67 bits per heavy atom. The number of aromatic nitrogens is 2. The second-order valence-electron chi connectivity index (χ2n) is 2.92. The fraction of sp³-hybridized carbons (Fsp3) is 0.375. The van der Waals surface area contributed by atoms with E-state index in [4.69, 9.17) is 5.11 Å². The van der Waals surface area contributed by atoms with Crippen LogP contribution in [-0.4, -0.2) is 26.6 Å². The van der Waals surface area contributed by atoms with Crippen LogP contribution in [0.2, 0.25) is 0 Å². The van der Waals surface area contributed by atoms with Crippen LogP contribution in [0, 0.1) is 0 Å². The Bertz CT molecular complexity index is 401. The molecule has 1 aromatic heterocycles. The van der Waals surface area contributed by atoms with E-state index in [1.54, 1.807) is 0 Å². The minimum Gasteiger partial charge on any atom is -0.475 e. The van der Waals surface area contributed by atoms with Gasteiger partial charge >= 0.3 is 5.97 Å². The van der Waals surface area contributed by atoms with Crippen LogP contribution in [0.1, 0.15) is 17.7 Å². The average molecular weight is 218 g/mol. The van der Waals surface area contributed by atoms with Gasteiger partial charge < -0.3 is 5.11 Å². The van der Waals surface area contributed by atoms with Crippen molar-refractivity contribution < 1.29 is 23.5 Å². The summed E-state index contributed by atoms with van der Waals surface area (Å²) in [7, 11) is 1.42. The molecule has 1 rings (SSSR count). The molecule has 0 radical (unpaired) electrons. The maximum Gasteiger partial charge on any atom is 0.372 e. The van der Waals surface area contributed by atoms with Gasteiger partial charge in [0.15, 0.2) is 0 Å². The molecule has 7 heteroatoms. The number of aryl methyl sites for hydroxylation is 1. The minimum absolute atomic E-state index is 0.0556. The normalized spacial score (nSPS) is 10.7. The van der Waals surface area contributed by atoms with Crippen molar-refractivity contribution in [2.75, 3.05) is 0 Å².